The summed E-state index contributed by atoms with van der Waals surface area (Å²) in [5.41, 5.74) is 1.52. The first kappa shape index (κ1) is 22.8. The number of benzene rings is 2. The van der Waals surface area contributed by atoms with Crippen molar-refractivity contribution in [1.82, 2.24) is 25.2 Å². The molecule has 1 N–H and O–H groups in total. The Labute approximate surface area is 196 Å². The van der Waals surface area contributed by atoms with Crippen LogP contribution in [0.5, 0.6) is 5.75 Å². The number of hydrogen-bond donors (Lipinski definition) is 1. The van der Waals surface area contributed by atoms with Gasteiger partial charge in [0.2, 0.25) is 11.1 Å². The molecule has 0 radical (unpaired) electrons. The van der Waals surface area contributed by atoms with E-state index in [1.54, 1.807) is 12.3 Å². The van der Waals surface area contributed by atoms with Gasteiger partial charge >= 0.3 is 0 Å². The summed E-state index contributed by atoms with van der Waals surface area (Å²) >= 11 is 2.36. The molecule has 33 heavy (non-hydrogen) atoms. The number of nitrogens with one attached hydrogen (secondary N) is 1. The van der Waals surface area contributed by atoms with Crippen molar-refractivity contribution < 1.29 is 18.3 Å². The number of anilines is 1. The first-order chi connectivity index (χ1) is 16.0. The number of carbonyl (C=O) groups is 1. The molecule has 1 unspecified atom stereocenters. The predicted octanol–water partition coefficient (Wildman–Crippen LogP) is 4.58. The molecule has 1 amide bonds. The van der Waals surface area contributed by atoms with Crippen molar-refractivity contribution >= 4 is 34.1 Å². The first-order valence-corrected chi connectivity index (χ1v) is 11.6. The number of nitrogens with zero attached hydrogens (tertiary/aromatic N) is 5. The summed E-state index contributed by atoms with van der Waals surface area (Å²) in [6, 6.07) is 10.9. The van der Waals surface area contributed by atoms with E-state index in [0.29, 0.717) is 39.6 Å². The number of hydrogen-bond acceptors (Lipinski definition) is 8. The Morgan fingerprint density at radius 1 is 1.24 bits per heavy atom. The molecule has 0 saturated carbocycles. The maximum Gasteiger partial charge on any atom is 0.239 e. The van der Waals surface area contributed by atoms with Crippen LogP contribution in [-0.4, -0.2) is 43.0 Å². The number of thiazole rings is 1. The van der Waals surface area contributed by atoms with Crippen LogP contribution in [0.1, 0.15) is 13.8 Å². The summed E-state index contributed by atoms with van der Waals surface area (Å²) < 4.78 is 33.8. The number of rotatable bonds is 8. The van der Waals surface area contributed by atoms with Gasteiger partial charge in [-0.2, -0.15) is 4.68 Å². The molecular formula is C21H18F2N6O2S2. The zero-order chi connectivity index (χ0) is 23.4. The Balaban J connectivity index is 1.45. The largest absolute Gasteiger partial charge is 0.492 e. The molecule has 0 aliphatic carbocycles. The van der Waals surface area contributed by atoms with E-state index in [2.05, 4.69) is 25.8 Å². The van der Waals surface area contributed by atoms with Gasteiger partial charge in [-0.3, -0.25) is 4.79 Å². The molecule has 0 spiro atoms. The fraction of sp³-hybridized carbons (Fsp3) is 0.190. The van der Waals surface area contributed by atoms with E-state index in [9.17, 15) is 13.6 Å². The molecule has 2 aromatic heterocycles. The van der Waals surface area contributed by atoms with Crippen LogP contribution in [0, 0.1) is 11.6 Å². The van der Waals surface area contributed by atoms with Gasteiger partial charge in [-0.15, -0.1) is 16.4 Å². The van der Waals surface area contributed by atoms with Crippen LogP contribution >= 0.6 is 23.1 Å². The minimum absolute atomic E-state index is 0.307. The van der Waals surface area contributed by atoms with Gasteiger partial charge in [-0.1, -0.05) is 23.9 Å². The van der Waals surface area contributed by atoms with E-state index in [4.69, 9.17) is 4.74 Å². The second kappa shape index (κ2) is 10.0. The Morgan fingerprint density at radius 3 is 2.85 bits per heavy atom. The van der Waals surface area contributed by atoms with E-state index in [1.165, 1.54) is 33.8 Å². The molecule has 4 aromatic rings. The van der Waals surface area contributed by atoms with E-state index in [1.807, 2.05) is 31.2 Å². The Bertz CT molecular complexity index is 1280. The third kappa shape index (κ3) is 5.17. The minimum atomic E-state index is -0.959. The van der Waals surface area contributed by atoms with Crippen LogP contribution in [0.3, 0.4) is 0 Å². The van der Waals surface area contributed by atoms with Gasteiger partial charge in [0, 0.05) is 10.9 Å². The minimum Gasteiger partial charge on any atom is -0.492 e. The van der Waals surface area contributed by atoms with Crippen LogP contribution in [0.2, 0.25) is 0 Å². The lowest BCUT2D eigenvalue weighted by molar-refractivity contribution is -0.115. The summed E-state index contributed by atoms with van der Waals surface area (Å²) in [5.74, 6) is -1.57. The number of thioether (sulfide) groups is 1. The number of halogens is 2. The average Bonchev–Trinajstić information content (AvgIpc) is 3.46. The van der Waals surface area contributed by atoms with Crippen LogP contribution in [-0.2, 0) is 4.79 Å². The van der Waals surface area contributed by atoms with Gasteiger partial charge in [-0.25, -0.2) is 13.8 Å². The summed E-state index contributed by atoms with van der Waals surface area (Å²) in [4.78, 5) is 17.0. The van der Waals surface area contributed by atoms with Gasteiger partial charge in [-0.05, 0) is 54.6 Å². The molecule has 2 aromatic carbocycles. The molecular weight excluding hydrogens is 470 g/mol. The van der Waals surface area contributed by atoms with Crippen LogP contribution < -0.4 is 10.1 Å². The van der Waals surface area contributed by atoms with Crippen LogP contribution in [0.4, 0.5) is 13.9 Å². The maximum atomic E-state index is 13.5. The normalized spacial score (nSPS) is 11.9. The molecule has 0 bridgehead atoms. The second-order valence-electron chi connectivity index (χ2n) is 6.69. The average molecular weight is 489 g/mol. The SMILES string of the molecule is CCOc1ccccc1-n1nnnc1SC(C)C(=O)Nc1nc(-c2ccc(F)c(F)c2)cs1. The van der Waals surface area contributed by atoms with Crippen molar-refractivity contribution in [1.29, 1.82) is 0 Å². The van der Waals surface area contributed by atoms with Crippen molar-refractivity contribution in [2.75, 3.05) is 11.9 Å². The standard InChI is InChI=1S/C21H18F2N6O2S2/c1-3-31-18-7-5-4-6-17(18)29-21(26-27-28-29)33-12(2)19(30)25-20-24-16(11-32-20)13-8-9-14(22)15(23)10-13/h4-12H,3H2,1-2H3,(H,24,25,30). The lowest BCUT2D eigenvalue weighted by atomic mass is 10.2. The Kier molecular flexibility index (Phi) is 6.94. The summed E-state index contributed by atoms with van der Waals surface area (Å²) in [6.07, 6.45) is 0. The number of amides is 1. The first-order valence-electron chi connectivity index (χ1n) is 9.85. The van der Waals surface area contributed by atoms with Crippen LogP contribution in [0.25, 0.3) is 16.9 Å². The van der Waals surface area contributed by atoms with Gasteiger partial charge < -0.3 is 10.1 Å². The lowest BCUT2D eigenvalue weighted by Crippen LogP contribution is -2.22. The number of aromatic nitrogens is 5. The highest BCUT2D eigenvalue weighted by Gasteiger charge is 2.21. The highest BCUT2D eigenvalue weighted by molar-refractivity contribution is 8.00. The molecule has 1 atom stereocenters. The smallest absolute Gasteiger partial charge is 0.239 e. The van der Waals surface area contributed by atoms with Crippen molar-refractivity contribution in [2.45, 2.75) is 24.3 Å². The second-order valence-corrected chi connectivity index (χ2v) is 8.86. The van der Waals surface area contributed by atoms with E-state index < -0.39 is 16.9 Å². The molecule has 12 heteroatoms. The van der Waals surface area contributed by atoms with Crippen LogP contribution in [0.15, 0.2) is 53.0 Å². The molecule has 0 aliphatic rings. The van der Waals surface area contributed by atoms with Gasteiger partial charge in [0.1, 0.15) is 11.4 Å². The zero-order valence-electron chi connectivity index (χ0n) is 17.5. The number of ether oxygens (including phenoxy) is 1. The summed E-state index contributed by atoms with van der Waals surface area (Å²) in [7, 11) is 0. The fourth-order valence-corrected chi connectivity index (χ4v) is 4.37. The quantitative estimate of drug-likeness (QED) is 0.363. The maximum absolute atomic E-state index is 13.5. The highest BCUT2D eigenvalue weighted by Crippen LogP contribution is 2.30. The highest BCUT2D eigenvalue weighted by atomic mass is 32.2. The zero-order valence-corrected chi connectivity index (χ0v) is 19.2. The van der Waals surface area contributed by atoms with Gasteiger partial charge in [0.15, 0.2) is 16.8 Å². The van der Waals surface area contributed by atoms with E-state index in [-0.39, 0.29) is 5.91 Å². The monoisotopic (exact) mass is 488 g/mol. The summed E-state index contributed by atoms with van der Waals surface area (Å²) in [5, 5.41) is 16.4. The van der Waals surface area contributed by atoms with Gasteiger partial charge in [0.05, 0.1) is 17.6 Å². The Morgan fingerprint density at radius 2 is 2.06 bits per heavy atom. The Hall–Kier alpha value is -3.38. The third-order valence-corrected chi connectivity index (χ3v) is 6.23. The number of tetrazole rings is 1. The molecule has 0 saturated heterocycles. The van der Waals surface area contributed by atoms with Crippen molar-refractivity contribution in [3.8, 4) is 22.7 Å². The molecule has 170 valence electrons. The number of carbonyl (C=O) groups excluding carboxylic acids is 1. The van der Waals surface area contributed by atoms with Crippen molar-refractivity contribution in [3.05, 3.63) is 59.5 Å². The van der Waals surface area contributed by atoms with E-state index >= 15 is 0 Å². The van der Waals surface area contributed by atoms with Crippen molar-refractivity contribution in [3.63, 3.8) is 0 Å². The topological polar surface area (TPSA) is 94.8 Å². The third-order valence-electron chi connectivity index (χ3n) is 4.44. The molecule has 0 aliphatic heterocycles. The summed E-state index contributed by atoms with van der Waals surface area (Å²) in [6.45, 7) is 4.09. The fourth-order valence-electron chi connectivity index (χ4n) is 2.85. The molecule has 4 rings (SSSR count). The predicted molar refractivity (Wildman–Crippen MR) is 122 cm³/mol. The molecule has 0 fully saturated rings. The van der Waals surface area contributed by atoms with Gasteiger partial charge in [0.25, 0.3) is 0 Å². The number of para-hydroxylation sites is 2. The lowest BCUT2D eigenvalue weighted by Gasteiger charge is -2.12. The molecule has 2 heterocycles. The van der Waals surface area contributed by atoms with E-state index in [0.717, 1.165) is 12.1 Å². The molecule has 8 nitrogen and oxygen atoms in total. The van der Waals surface area contributed by atoms with Crippen molar-refractivity contribution in [2.24, 2.45) is 0 Å².